The minimum Gasteiger partial charge on any atom is -0.385 e. The summed E-state index contributed by atoms with van der Waals surface area (Å²) in [5.74, 6) is -1.01. The third kappa shape index (κ3) is 4.05. The monoisotopic (exact) mass is 343 g/mol. The number of hydrogen-bond acceptors (Lipinski definition) is 3. The zero-order valence-electron chi connectivity index (χ0n) is 11.2. The number of methoxy groups -OCH3 is 1. The van der Waals surface area contributed by atoms with Gasteiger partial charge in [0.1, 0.15) is 10.7 Å². The molecular weight excluding hydrogens is 328 g/mol. The third-order valence-corrected chi connectivity index (χ3v) is 5.10. The highest BCUT2D eigenvalue weighted by Crippen LogP contribution is 2.26. The summed E-state index contributed by atoms with van der Waals surface area (Å²) < 4.78 is 44.7. The number of alkyl halides is 1. The molecule has 8 heteroatoms. The van der Waals surface area contributed by atoms with Gasteiger partial charge in [0, 0.05) is 37.9 Å². The number of halogens is 3. The quantitative estimate of drug-likeness (QED) is 0.564. The van der Waals surface area contributed by atoms with E-state index in [0.29, 0.717) is 13.0 Å². The van der Waals surface area contributed by atoms with Crippen molar-refractivity contribution in [3.63, 3.8) is 0 Å². The van der Waals surface area contributed by atoms with E-state index in [1.54, 1.807) is 0 Å². The number of sulfonamides is 1. The molecule has 4 nitrogen and oxygen atoms in total. The third-order valence-electron chi connectivity index (χ3n) is 2.73. The zero-order chi connectivity index (χ0) is 15.3. The van der Waals surface area contributed by atoms with Crippen LogP contribution in [0.1, 0.15) is 12.0 Å². The van der Waals surface area contributed by atoms with Crippen molar-refractivity contribution < 1.29 is 17.5 Å². The molecule has 1 aromatic carbocycles. The molecule has 0 unspecified atom stereocenters. The second kappa shape index (κ2) is 7.56. The molecule has 0 saturated carbocycles. The van der Waals surface area contributed by atoms with Crippen molar-refractivity contribution in [2.45, 2.75) is 17.2 Å². The highest BCUT2D eigenvalue weighted by atomic mass is 35.5. The van der Waals surface area contributed by atoms with Crippen LogP contribution in [0.25, 0.3) is 0 Å². The Kier molecular flexibility index (Phi) is 6.68. The molecule has 0 aliphatic heterocycles. The Morgan fingerprint density at radius 1 is 1.40 bits per heavy atom. The van der Waals surface area contributed by atoms with Gasteiger partial charge in [-0.1, -0.05) is 11.6 Å². The van der Waals surface area contributed by atoms with Crippen molar-refractivity contribution in [1.29, 1.82) is 0 Å². The molecule has 0 heterocycles. The maximum absolute atomic E-state index is 14.1. The topological polar surface area (TPSA) is 46.6 Å². The lowest BCUT2D eigenvalue weighted by molar-refractivity contribution is 0.189. The van der Waals surface area contributed by atoms with Crippen LogP contribution in [-0.2, 0) is 20.6 Å². The van der Waals surface area contributed by atoms with Gasteiger partial charge in [-0.3, -0.25) is 0 Å². The van der Waals surface area contributed by atoms with Crippen molar-refractivity contribution in [2.75, 3.05) is 27.3 Å². The summed E-state index contributed by atoms with van der Waals surface area (Å²) in [7, 11) is -1.04. The second-order valence-corrected chi connectivity index (χ2v) is 6.90. The van der Waals surface area contributed by atoms with Crippen molar-refractivity contribution in [1.82, 2.24) is 4.31 Å². The molecule has 0 bridgehead atoms. The van der Waals surface area contributed by atoms with Gasteiger partial charge in [-0.15, -0.1) is 11.6 Å². The van der Waals surface area contributed by atoms with E-state index in [4.69, 9.17) is 27.9 Å². The highest BCUT2D eigenvalue weighted by Gasteiger charge is 2.26. The minimum absolute atomic E-state index is 0.0584. The summed E-state index contributed by atoms with van der Waals surface area (Å²) in [6.07, 6.45) is 0.511. The van der Waals surface area contributed by atoms with Gasteiger partial charge in [-0.2, -0.15) is 0 Å². The van der Waals surface area contributed by atoms with E-state index in [-0.39, 0.29) is 23.0 Å². The van der Waals surface area contributed by atoms with Gasteiger partial charge in [0.15, 0.2) is 0 Å². The summed E-state index contributed by atoms with van der Waals surface area (Å²) in [5, 5.41) is 0.130. The van der Waals surface area contributed by atoms with Crippen molar-refractivity contribution in [3.8, 4) is 0 Å². The Morgan fingerprint density at radius 2 is 2.05 bits per heavy atom. The molecule has 20 heavy (non-hydrogen) atoms. The fraction of sp³-hybridized carbons (Fsp3) is 0.500. The average molecular weight is 344 g/mol. The number of hydrogen-bond donors (Lipinski definition) is 0. The van der Waals surface area contributed by atoms with Gasteiger partial charge in [0.2, 0.25) is 10.0 Å². The molecule has 0 aliphatic rings. The molecule has 114 valence electrons. The van der Waals surface area contributed by atoms with Crippen LogP contribution in [0.4, 0.5) is 4.39 Å². The molecule has 0 fully saturated rings. The molecule has 0 spiro atoms. The lowest BCUT2D eigenvalue weighted by Gasteiger charge is -2.18. The maximum atomic E-state index is 14.1. The summed E-state index contributed by atoms with van der Waals surface area (Å²) >= 11 is 11.4. The lowest BCUT2D eigenvalue weighted by atomic mass is 10.2. The van der Waals surface area contributed by atoms with Crippen molar-refractivity contribution in [2.24, 2.45) is 0 Å². The smallest absolute Gasteiger partial charge is 0.245 e. The fourth-order valence-corrected chi connectivity index (χ4v) is 3.46. The molecule has 0 aliphatic carbocycles. The predicted molar refractivity (Wildman–Crippen MR) is 77.3 cm³/mol. The van der Waals surface area contributed by atoms with Crippen LogP contribution in [0.15, 0.2) is 17.0 Å². The second-order valence-electron chi connectivity index (χ2n) is 4.18. The molecule has 0 aromatic heterocycles. The summed E-state index contributed by atoms with van der Waals surface area (Å²) in [4.78, 5) is -0.458. The van der Waals surface area contributed by atoms with Gasteiger partial charge in [-0.05, 0) is 18.6 Å². The Hall–Kier alpha value is -0.400. The Bertz CT molecular complexity index is 566. The molecule has 0 saturated heterocycles. The first kappa shape index (κ1) is 17.7. The fourth-order valence-electron chi connectivity index (χ4n) is 1.62. The summed E-state index contributed by atoms with van der Waals surface area (Å²) in [6.45, 7) is 0.642. The number of benzene rings is 1. The van der Waals surface area contributed by atoms with E-state index >= 15 is 0 Å². The molecule has 1 aromatic rings. The van der Waals surface area contributed by atoms with Crippen LogP contribution in [0.3, 0.4) is 0 Å². The van der Waals surface area contributed by atoms with Crippen LogP contribution in [0, 0.1) is 5.82 Å². The van der Waals surface area contributed by atoms with Crippen LogP contribution < -0.4 is 0 Å². The van der Waals surface area contributed by atoms with Crippen molar-refractivity contribution in [3.05, 3.63) is 28.5 Å². The maximum Gasteiger partial charge on any atom is 0.245 e. The normalized spacial score (nSPS) is 12.1. The minimum atomic E-state index is -3.95. The molecule has 0 N–H and O–H groups in total. The van der Waals surface area contributed by atoms with E-state index in [0.717, 1.165) is 10.4 Å². The van der Waals surface area contributed by atoms with Crippen LogP contribution >= 0.6 is 23.2 Å². The first-order valence-corrected chi connectivity index (χ1v) is 8.19. The van der Waals surface area contributed by atoms with E-state index in [1.807, 2.05) is 0 Å². The largest absolute Gasteiger partial charge is 0.385 e. The first-order chi connectivity index (χ1) is 9.34. The summed E-state index contributed by atoms with van der Waals surface area (Å²) in [6, 6.07) is 2.41. The van der Waals surface area contributed by atoms with Gasteiger partial charge in [0.05, 0.1) is 5.88 Å². The number of ether oxygens (including phenoxy) is 1. The van der Waals surface area contributed by atoms with E-state index < -0.39 is 20.7 Å². The summed E-state index contributed by atoms with van der Waals surface area (Å²) in [5.41, 5.74) is 0.0584. The predicted octanol–water partition coefficient (Wildman–Crippen LogP) is 2.87. The van der Waals surface area contributed by atoms with E-state index in [2.05, 4.69) is 0 Å². The lowest BCUT2D eigenvalue weighted by Crippen LogP contribution is -2.29. The standard InChI is InChI=1S/C12H16Cl2FNO3S/c1-16(4-3-5-19-2)20(17,18)11-7-10(14)6-9(8-13)12(11)15/h6-7H,3-5,8H2,1-2H3. The molecule has 0 radical (unpaired) electrons. The SMILES string of the molecule is COCCCN(C)S(=O)(=O)c1cc(Cl)cc(CCl)c1F. The Balaban J connectivity index is 3.12. The van der Waals surface area contributed by atoms with Crippen LogP contribution in [0.5, 0.6) is 0 Å². The van der Waals surface area contributed by atoms with Gasteiger partial charge in [-0.25, -0.2) is 17.1 Å². The molecule has 0 amide bonds. The number of nitrogens with zero attached hydrogens (tertiary/aromatic N) is 1. The van der Waals surface area contributed by atoms with E-state index in [9.17, 15) is 12.8 Å². The van der Waals surface area contributed by atoms with E-state index in [1.165, 1.54) is 20.2 Å². The van der Waals surface area contributed by atoms with Gasteiger partial charge in [0.25, 0.3) is 0 Å². The van der Waals surface area contributed by atoms with Crippen LogP contribution in [-0.4, -0.2) is 40.0 Å². The average Bonchev–Trinajstić information content (AvgIpc) is 2.40. The first-order valence-electron chi connectivity index (χ1n) is 5.83. The highest BCUT2D eigenvalue weighted by molar-refractivity contribution is 7.89. The Labute approximate surface area is 128 Å². The van der Waals surface area contributed by atoms with Crippen molar-refractivity contribution >= 4 is 33.2 Å². The molecule has 0 atom stereocenters. The zero-order valence-corrected chi connectivity index (χ0v) is 13.5. The van der Waals surface area contributed by atoms with Crippen LogP contribution in [0.2, 0.25) is 5.02 Å². The number of rotatable bonds is 7. The van der Waals surface area contributed by atoms with Gasteiger partial charge < -0.3 is 4.74 Å². The van der Waals surface area contributed by atoms with Gasteiger partial charge >= 0.3 is 0 Å². The Morgan fingerprint density at radius 3 is 2.60 bits per heavy atom. The molecule has 1 rings (SSSR count). The molecular formula is C12H16Cl2FNO3S.